The Hall–Kier alpha value is -1.70. The van der Waals surface area contributed by atoms with Gasteiger partial charge >= 0.3 is 12.0 Å². The molecule has 0 radical (unpaired) electrons. The Kier molecular flexibility index (Phi) is 11.3. The van der Waals surface area contributed by atoms with Gasteiger partial charge in [0.1, 0.15) is 0 Å². The topological polar surface area (TPSA) is 78.4 Å². The number of urea groups is 1. The predicted octanol–water partition coefficient (Wildman–Crippen LogP) is 2.37. The SMILES string of the molecule is CC#CCCNC(=O)NCCC(CCC)CCC(=O)O. The number of amides is 2. The molecule has 0 aromatic heterocycles. The van der Waals surface area contributed by atoms with Gasteiger partial charge in [-0.3, -0.25) is 4.79 Å². The number of carboxylic acids is 1. The van der Waals surface area contributed by atoms with E-state index in [-0.39, 0.29) is 12.5 Å². The number of carbonyl (C=O) groups excluding carboxylic acids is 1. The van der Waals surface area contributed by atoms with E-state index in [0.717, 1.165) is 19.3 Å². The number of carboxylic acid groups (broad SMARTS) is 1. The maximum Gasteiger partial charge on any atom is 0.314 e. The van der Waals surface area contributed by atoms with Gasteiger partial charge in [-0.25, -0.2) is 4.79 Å². The van der Waals surface area contributed by atoms with E-state index < -0.39 is 5.97 Å². The minimum Gasteiger partial charge on any atom is -0.481 e. The smallest absolute Gasteiger partial charge is 0.314 e. The number of hydrogen-bond acceptors (Lipinski definition) is 2. The average molecular weight is 282 g/mol. The number of hydrogen-bond donors (Lipinski definition) is 3. The summed E-state index contributed by atoms with van der Waals surface area (Å²) in [4.78, 5) is 22.0. The fraction of sp³-hybridized carbons (Fsp3) is 0.733. The van der Waals surface area contributed by atoms with Crippen molar-refractivity contribution in [3.63, 3.8) is 0 Å². The van der Waals surface area contributed by atoms with Crippen LogP contribution in [0.5, 0.6) is 0 Å². The van der Waals surface area contributed by atoms with E-state index in [0.29, 0.717) is 31.8 Å². The van der Waals surface area contributed by atoms with E-state index in [9.17, 15) is 9.59 Å². The second-order valence-corrected chi connectivity index (χ2v) is 4.74. The van der Waals surface area contributed by atoms with Gasteiger partial charge < -0.3 is 15.7 Å². The number of rotatable bonds is 10. The van der Waals surface area contributed by atoms with Crippen molar-refractivity contribution < 1.29 is 14.7 Å². The number of nitrogens with one attached hydrogen (secondary N) is 2. The van der Waals surface area contributed by atoms with Gasteiger partial charge in [-0.1, -0.05) is 19.8 Å². The van der Waals surface area contributed by atoms with Crippen molar-refractivity contribution in [3.8, 4) is 11.8 Å². The van der Waals surface area contributed by atoms with Gasteiger partial charge in [0.25, 0.3) is 0 Å². The molecule has 0 spiro atoms. The molecule has 2 amide bonds. The lowest BCUT2D eigenvalue weighted by Crippen LogP contribution is -2.37. The van der Waals surface area contributed by atoms with Crippen LogP contribution in [0.1, 0.15) is 52.4 Å². The number of carbonyl (C=O) groups is 2. The normalized spacial score (nSPS) is 11.1. The molecule has 0 aliphatic heterocycles. The molecule has 0 aromatic carbocycles. The molecule has 0 aliphatic carbocycles. The largest absolute Gasteiger partial charge is 0.481 e. The van der Waals surface area contributed by atoms with Crippen molar-refractivity contribution in [2.24, 2.45) is 5.92 Å². The molecule has 0 saturated heterocycles. The first kappa shape index (κ1) is 18.3. The Morgan fingerprint density at radius 2 is 1.85 bits per heavy atom. The summed E-state index contributed by atoms with van der Waals surface area (Å²) in [6.07, 6.45) is 4.39. The highest BCUT2D eigenvalue weighted by molar-refractivity contribution is 5.73. The first-order valence-corrected chi connectivity index (χ1v) is 7.23. The fourth-order valence-electron chi connectivity index (χ4n) is 1.98. The summed E-state index contributed by atoms with van der Waals surface area (Å²) < 4.78 is 0. The summed E-state index contributed by atoms with van der Waals surface area (Å²) >= 11 is 0. The maximum atomic E-state index is 11.4. The first-order valence-electron chi connectivity index (χ1n) is 7.23. The van der Waals surface area contributed by atoms with Gasteiger partial charge in [-0.05, 0) is 25.7 Å². The lowest BCUT2D eigenvalue weighted by atomic mass is 9.94. The summed E-state index contributed by atoms with van der Waals surface area (Å²) in [7, 11) is 0. The third-order valence-corrected chi connectivity index (χ3v) is 3.01. The monoisotopic (exact) mass is 282 g/mol. The van der Waals surface area contributed by atoms with E-state index in [4.69, 9.17) is 5.11 Å². The molecule has 1 atom stereocenters. The third-order valence-electron chi connectivity index (χ3n) is 3.01. The minimum absolute atomic E-state index is 0.184. The van der Waals surface area contributed by atoms with Crippen LogP contribution in [0, 0.1) is 17.8 Å². The fourth-order valence-corrected chi connectivity index (χ4v) is 1.98. The summed E-state index contributed by atoms with van der Waals surface area (Å²) in [5.41, 5.74) is 0. The van der Waals surface area contributed by atoms with Crippen LogP contribution in [0.15, 0.2) is 0 Å². The lowest BCUT2D eigenvalue weighted by molar-refractivity contribution is -0.137. The van der Waals surface area contributed by atoms with Crippen LogP contribution >= 0.6 is 0 Å². The van der Waals surface area contributed by atoms with Crippen LogP contribution in [0.25, 0.3) is 0 Å². The van der Waals surface area contributed by atoms with Crippen molar-refractivity contribution in [2.45, 2.75) is 52.4 Å². The highest BCUT2D eigenvalue weighted by atomic mass is 16.4. The molecule has 5 nitrogen and oxygen atoms in total. The Labute approximate surface area is 121 Å². The Bertz CT molecular complexity index is 345. The van der Waals surface area contributed by atoms with E-state index in [1.165, 1.54) is 0 Å². The van der Waals surface area contributed by atoms with Crippen LogP contribution in [0.4, 0.5) is 4.79 Å². The van der Waals surface area contributed by atoms with Crippen LogP contribution in [-0.4, -0.2) is 30.2 Å². The molecule has 0 saturated carbocycles. The van der Waals surface area contributed by atoms with Crippen molar-refractivity contribution in [2.75, 3.05) is 13.1 Å². The molecule has 1 unspecified atom stereocenters. The van der Waals surface area contributed by atoms with Crippen molar-refractivity contribution in [1.29, 1.82) is 0 Å². The summed E-state index contributed by atoms with van der Waals surface area (Å²) in [5, 5.41) is 14.2. The number of aliphatic carboxylic acids is 1. The van der Waals surface area contributed by atoms with E-state index in [1.807, 2.05) is 0 Å². The molecule has 20 heavy (non-hydrogen) atoms. The minimum atomic E-state index is -0.756. The van der Waals surface area contributed by atoms with Crippen LogP contribution in [0.2, 0.25) is 0 Å². The molecular formula is C15H26N2O3. The maximum absolute atomic E-state index is 11.4. The second-order valence-electron chi connectivity index (χ2n) is 4.74. The molecule has 0 heterocycles. The highest BCUT2D eigenvalue weighted by Gasteiger charge is 2.10. The quantitative estimate of drug-likeness (QED) is 0.425. The molecule has 0 rings (SSSR count). The Morgan fingerprint density at radius 1 is 1.15 bits per heavy atom. The van der Waals surface area contributed by atoms with Crippen molar-refractivity contribution >= 4 is 12.0 Å². The van der Waals surface area contributed by atoms with Crippen molar-refractivity contribution in [3.05, 3.63) is 0 Å². The first-order chi connectivity index (χ1) is 9.60. The van der Waals surface area contributed by atoms with Crippen LogP contribution < -0.4 is 10.6 Å². The van der Waals surface area contributed by atoms with Gasteiger partial charge in [-0.2, -0.15) is 0 Å². The van der Waals surface area contributed by atoms with Gasteiger partial charge in [0.05, 0.1) is 0 Å². The molecule has 0 aromatic rings. The van der Waals surface area contributed by atoms with E-state index in [2.05, 4.69) is 29.4 Å². The summed E-state index contributed by atoms with van der Waals surface area (Å²) in [6, 6.07) is -0.184. The molecule has 0 bridgehead atoms. The molecule has 5 heteroatoms. The standard InChI is InChI=1S/C15H26N2O3/c1-3-5-6-11-16-15(20)17-12-10-13(7-4-2)8-9-14(18)19/h13H,4,6-12H2,1-2H3,(H,18,19)(H2,16,17,20). The zero-order chi connectivity index (χ0) is 15.2. The van der Waals surface area contributed by atoms with Crippen LogP contribution in [0.3, 0.4) is 0 Å². The van der Waals surface area contributed by atoms with Gasteiger partial charge in [0, 0.05) is 25.9 Å². The molecule has 3 N–H and O–H groups in total. The molecule has 0 aliphatic rings. The Balaban J connectivity index is 3.76. The molecule has 114 valence electrons. The van der Waals surface area contributed by atoms with Crippen molar-refractivity contribution in [1.82, 2.24) is 10.6 Å². The van der Waals surface area contributed by atoms with Gasteiger partial charge in [-0.15, -0.1) is 11.8 Å². The summed E-state index contributed by atoms with van der Waals surface area (Å²) in [5.74, 6) is 5.25. The van der Waals surface area contributed by atoms with Gasteiger partial charge in [0.15, 0.2) is 0 Å². The Morgan fingerprint density at radius 3 is 2.45 bits per heavy atom. The van der Waals surface area contributed by atoms with Gasteiger partial charge in [0.2, 0.25) is 0 Å². The lowest BCUT2D eigenvalue weighted by Gasteiger charge is -2.15. The average Bonchev–Trinajstić information content (AvgIpc) is 2.41. The molecule has 0 fully saturated rings. The zero-order valence-corrected chi connectivity index (χ0v) is 12.5. The van der Waals surface area contributed by atoms with E-state index >= 15 is 0 Å². The van der Waals surface area contributed by atoms with Crippen LogP contribution in [-0.2, 0) is 4.79 Å². The zero-order valence-electron chi connectivity index (χ0n) is 12.5. The predicted molar refractivity (Wildman–Crippen MR) is 79.4 cm³/mol. The third kappa shape index (κ3) is 11.4. The van der Waals surface area contributed by atoms with E-state index in [1.54, 1.807) is 6.92 Å². The molecular weight excluding hydrogens is 256 g/mol. The summed E-state index contributed by atoms with van der Waals surface area (Å²) in [6.45, 7) is 4.98. The highest BCUT2D eigenvalue weighted by Crippen LogP contribution is 2.16. The second kappa shape index (κ2) is 12.3.